The fourth-order valence-electron chi connectivity index (χ4n) is 3.13. The Morgan fingerprint density at radius 2 is 1.70 bits per heavy atom. The molecule has 0 amide bonds. The van der Waals surface area contributed by atoms with Crippen LogP contribution in [0.25, 0.3) is 0 Å². The second kappa shape index (κ2) is 5.48. The molecule has 0 fully saturated rings. The number of benzene rings is 2. The summed E-state index contributed by atoms with van der Waals surface area (Å²) in [4.78, 5) is 0. The quantitative estimate of drug-likeness (QED) is 0.716. The van der Waals surface area contributed by atoms with E-state index in [1.54, 1.807) is 6.07 Å². The fourth-order valence-corrected chi connectivity index (χ4v) is 3.57. The van der Waals surface area contributed by atoms with Crippen molar-refractivity contribution in [2.24, 2.45) is 0 Å². The van der Waals surface area contributed by atoms with E-state index >= 15 is 0 Å². The number of nitrogens with zero attached hydrogens (tertiary/aromatic N) is 1. The summed E-state index contributed by atoms with van der Waals surface area (Å²) in [6, 6.07) is 16.4. The highest BCUT2D eigenvalue weighted by Crippen LogP contribution is 2.48. The Bertz CT molecular complexity index is 688. The highest BCUT2D eigenvalue weighted by molar-refractivity contribution is 6.42. The zero-order chi connectivity index (χ0) is 14.1. The minimum atomic E-state index is 0.232. The Labute approximate surface area is 128 Å². The lowest BCUT2D eigenvalue weighted by molar-refractivity contribution is 0.649. The largest absolute Gasteiger partial charge is 0.198 e. The molecule has 0 saturated heterocycles. The molecule has 0 N–H and O–H groups in total. The molecule has 100 valence electrons. The van der Waals surface area contributed by atoms with Gasteiger partial charge in [-0.2, -0.15) is 5.26 Å². The highest BCUT2D eigenvalue weighted by Gasteiger charge is 2.32. The molecular formula is C17H13Cl2N. The molecule has 0 aliphatic heterocycles. The summed E-state index contributed by atoms with van der Waals surface area (Å²) >= 11 is 12.5. The first-order valence-electron chi connectivity index (χ1n) is 6.62. The third-order valence-electron chi connectivity index (χ3n) is 4.03. The average Bonchev–Trinajstić information content (AvgIpc) is 2.82. The maximum absolute atomic E-state index is 9.01. The smallest absolute Gasteiger partial charge is 0.0630 e. The number of nitriles is 1. The van der Waals surface area contributed by atoms with Crippen LogP contribution in [0, 0.1) is 11.3 Å². The predicted molar refractivity (Wildman–Crippen MR) is 82.3 cm³/mol. The maximum Gasteiger partial charge on any atom is 0.0630 e. The SMILES string of the molecule is N#CCC1CC(c2cccc(Cl)c2Cl)c2ccccc21. The van der Waals surface area contributed by atoms with Crippen LogP contribution in [-0.4, -0.2) is 0 Å². The average molecular weight is 302 g/mol. The van der Waals surface area contributed by atoms with Gasteiger partial charge in [-0.25, -0.2) is 0 Å². The van der Waals surface area contributed by atoms with E-state index in [-0.39, 0.29) is 11.8 Å². The van der Waals surface area contributed by atoms with Gasteiger partial charge in [-0.3, -0.25) is 0 Å². The third kappa shape index (κ3) is 2.20. The van der Waals surface area contributed by atoms with Crippen molar-refractivity contribution in [1.82, 2.24) is 0 Å². The molecule has 2 aromatic rings. The second-order valence-electron chi connectivity index (χ2n) is 5.12. The van der Waals surface area contributed by atoms with Crippen LogP contribution >= 0.6 is 23.2 Å². The van der Waals surface area contributed by atoms with Crippen molar-refractivity contribution in [3.63, 3.8) is 0 Å². The minimum absolute atomic E-state index is 0.232. The van der Waals surface area contributed by atoms with Gasteiger partial charge in [-0.1, -0.05) is 59.6 Å². The molecule has 0 heterocycles. The molecule has 0 spiro atoms. The van der Waals surface area contributed by atoms with Gasteiger partial charge in [-0.05, 0) is 35.1 Å². The van der Waals surface area contributed by atoms with Crippen molar-refractivity contribution in [2.45, 2.75) is 24.7 Å². The van der Waals surface area contributed by atoms with Gasteiger partial charge in [0.05, 0.1) is 16.1 Å². The standard InChI is InChI=1S/C17H13Cl2N/c18-16-7-3-6-14(17(16)19)15-10-11(8-9-20)12-4-1-2-5-13(12)15/h1-7,11,15H,8,10H2. The first-order chi connectivity index (χ1) is 9.72. The lowest BCUT2D eigenvalue weighted by atomic mass is 9.92. The van der Waals surface area contributed by atoms with Crippen LogP contribution in [-0.2, 0) is 0 Å². The maximum atomic E-state index is 9.01. The molecule has 0 bridgehead atoms. The molecule has 20 heavy (non-hydrogen) atoms. The zero-order valence-electron chi connectivity index (χ0n) is 10.8. The van der Waals surface area contributed by atoms with Crippen molar-refractivity contribution in [3.8, 4) is 6.07 Å². The zero-order valence-corrected chi connectivity index (χ0v) is 12.3. The molecule has 2 aromatic carbocycles. The summed E-state index contributed by atoms with van der Waals surface area (Å²) in [6.07, 6.45) is 1.47. The molecule has 3 heteroatoms. The Balaban J connectivity index is 2.08. The third-order valence-corrected chi connectivity index (χ3v) is 4.86. The van der Waals surface area contributed by atoms with Crippen molar-refractivity contribution in [2.75, 3.05) is 0 Å². The van der Waals surface area contributed by atoms with Gasteiger partial charge in [-0.15, -0.1) is 0 Å². The summed E-state index contributed by atoms with van der Waals surface area (Å²) in [5.74, 6) is 0.520. The van der Waals surface area contributed by atoms with Crippen LogP contribution in [0.2, 0.25) is 10.0 Å². The first kappa shape index (κ1) is 13.5. The van der Waals surface area contributed by atoms with E-state index in [4.69, 9.17) is 28.5 Å². The van der Waals surface area contributed by atoms with Crippen LogP contribution in [0.15, 0.2) is 42.5 Å². The summed E-state index contributed by atoms with van der Waals surface area (Å²) in [6.45, 7) is 0. The lowest BCUT2D eigenvalue weighted by Crippen LogP contribution is -1.98. The van der Waals surface area contributed by atoms with Gasteiger partial charge in [0.2, 0.25) is 0 Å². The van der Waals surface area contributed by atoms with Gasteiger partial charge >= 0.3 is 0 Å². The van der Waals surface area contributed by atoms with Crippen molar-refractivity contribution < 1.29 is 0 Å². The molecule has 1 aliphatic rings. The van der Waals surface area contributed by atoms with Gasteiger partial charge in [0.15, 0.2) is 0 Å². The summed E-state index contributed by atoms with van der Waals surface area (Å²) in [7, 11) is 0. The van der Waals surface area contributed by atoms with Crippen LogP contribution < -0.4 is 0 Å². The van der Waals surface area contributed by atoms with Crippen molar-refractivity contribution >= 4 is 23.2 Å². The van der Waals surface area contributed by atoms with E-state index in [2.05, 4.69) is 18.2 Å². The molecule has 1 nitrogen and oxygen atoms in total. The van der Waals surface area contributed by atoms with E-state index in [0.717, 1.165) is 12.0 Å². The summed E-state index contributed by atoms with van der Waals surface area (Å²) in [5.41, 5.74) is 3.61. The Morgan fingerprint density at radius 1 is 1.00 bits per heavy atom. The van der Waals surface area contributed by atoms with E-state index in [9.17, 15) is 0 Å². The molecular weight excluding hydrogens is 289 g/mol. The van der Waals surface area contributed by atoms with Gasteiger partial charge < -0.3 is 0 Å². The first-order valence-corrected chi connectivity index (χ1v) is 7.37. The molecule has 0 aromatic heterocycles. The summed E-state index contributed by atoms with van der Waals surface area (Å²) in [5, 5.41) is 10.2. The molecule has 3 rings (SSSR count). The van der Waals surface area contributed by atoms with Crippen molar-refractivity contribution in [1.29, 1.82) is 5.26 Å². The summed E-state index contributed by atoms with van der Waals surface area (Å²) < 4.78 is 0. The number of fused-ring (bicyclic) bond motifs is 1. The Kier molecular flexibility index (Phi) is 3.70. The highest BCUT2D eigenvalue weighted by atomic mass is 35.5. The predicted octanol–water partition coefficient (Wildman–Crippen LogP) is 5.53. The van der Waals surface area contributed by atoms with Crippen molar-refractivity contribution in [3.05, 3.63) is 69.2 Å². The molecule has 2 atom stereocenters. The van der Waals surface area contributed by atoms with E-state index < -0.39 is 0 Å². The number of halogens is 2. The molecule has 0 radical (unpaired) electrons. The van der Waals surface area contributed by atoms with Gasteiger partial charge in [0, 0.05) is 12.3 Å². The van der Waals surface area contributed by atoms with Crippen LogP contribution in [0.3, 0.4) is 0 Å². The Morgan fingerprint density at radius 3 is 2.45 bits per heavy atom. The second-order valence-corrected chi connectivity index (χ2v) is 5.90. The lowest BCUT2D eigenvalue weighted by Gasteiger charge is -2.14. The minimum Gasteiger partial charge on any atom is -0.198 e. The molecule has 2 unspecified atom stereocenters. The van der Waals surface area contributed by atoms with Crippen LogP contribution in [0.5, 0.6) is 0 Å². The molecule has 1 aliphatic carbocycles. The van der Waals surface area contributed by atoms with E-state index in [1.165, 1.54) is 11.1 Å². The number of hydrogen-bond donors (Lipinski definition) is 0. The monoisotopic (exact) mass is 301 g/mol. The van der Waals surface area contributed by atoms with Gasteiger partial charge in [0.25, 0.3) is 0 Å². The number of hydrogen-bond acceptors (Lipinski definition) is 1. The fraction of sp³-hybridized carbons (Fsp3) is 0.235. The van der Waals surface area contributed by atoms with E-state index in [1.807, 2.05) is 24.3 Å². The van der Waals surface area contributed by atoms with E-state index in [0.29, 0.717) is 16.5 Å². The number of rotatable bonds is 2. The topological polar surface area (TPSA) is 23.8 Å². The van der Waals surface area contributed by atoms with Crippen LogP contribution in [0.1, 0.15) is 41.4 Å². The van der Waals surface area contributed by atoms with Crippen LogP contribution in [0.4, 0.5) is 0 Å². The van der Waals surface area contributed by atoms with Gasteiger partial charge in [0.1, 0.15) is 0 Å². The Hall–Kier alpha value is -1.49. The normalized spacial score (nSPS) is 20.4. The molecule has 0 saturated carbocycles.